The molecule has 0 radical (unpaired) electrons. The summed E-state index contributed by atoms with van der Waals surface area (Å²) in [5.41, 5.74) is 6.30. The van der Waals surface area contributed by atoms with Gasteiger partial charge in [-0.15, -0.1) is 0 Å². The number of nitrogens with two attached hydrogens (primary N) is 1. The van der Waals surface area contributed by atoms with Gasteiger partial charge in [-0.05, 0) is 41.7 Å². The summed E-state index contributed by atoms with van der Waals surface area (Å²) in [6.07, 6.45) is -2.85. The molecule has 1 nitrogen and oxygen atoms in total. The monoisotopic (exact) mass is 293 g/mol. The molecule has 0 aliphatic heterocycles. The van der Waals surface area contributed by atoms with Crippen LogP contribution in [0.2, 0.25) is 0 Å². The van der Waals surface area contributed by atoms with Crippen LogP contribution in [0.15, 0.2) is 42.5 Å². The highest BCUT2D eigenvalue weighted by molar-refractivity contribution is 5.83. The molecule has 112 valence electrons. The van der Waals surface area contributed by atoms with Crippen LogP contribution in [0.3, 0.4) is 0 Å². The maximum atomic E-state index is 13.0. The van der Waals surface area contributed by atoms with Crippen LogP contribution in [0.1, 0.15) is 31.2 Å². The van der Waals surface area contributed by atoms with Crippen LogP contribution >= 0.6 is 0 Å². The molecule has 0 heterocycles. The number of rotatable bonds is 1. The van der Waals surface area contributed by atoms with Gasteiger partial charge in [0.1, 0.15) is 0 Å². The second kappa shape index (κ2) is 5.02. The molecule has 0 saturated heterocycles. The summed E-state index contributed by atoms with van der Waals surface area (Å²) in [5.74, 6) is -1.29. The van der Waals surface area contributed by atoms with Crippen molar-refractivity contribution < 1.29 is 13.2 Å². The van der Waals surface area contributed by atoms with Crippen molar-refractivity contribution in [2.24, 2.45) is 11.7 Å². The summed E-state index contributed by atoms with van der Waals surface area (Å²) in [6, 6.07) is 13.6. The Balaban J connectivity index is 1.96. The lowest BCUT2D eigenvalue weighted by Crippen LogP contribution is -2.44. The van der Waals surface area contributed by atoms with Crippen LogP contribution in [0.4, 0.5) is 13.2 Å². The van der Waals surface area contributed by atoms with Crippen LogP contribution in [-0.2, 0) is 5.54 Å². The molecule has 0 amide bonds. The molecular formula is C17H18F3N. The SMILES string of the molecule is NC1(c2ccc3ccccc3c2)CCCC(C(F)(F)F)C1. The summed E-state index contributed by atoms with van der Waals surface area (Å²) in [5, 5.41) is 2.10. The van der Waals surface area contributed by atoms with Gasteiger partial charge in [0.05, 0.1) is 5.92 Å². The molecule has 2 aromatic rings. The first-order valence-electron chi connectivity index (χ1n) is 7.23. The smallest absolute Gasteiger partial charge is 0.321 e. The molecule has 2 aromatic carbocycles. The lowest BCUT2D eigenvalue weighted by atomic mass is 9.72. The van der Waals surface area contributed by atoms with E-state index in [0.29, 0.717) is 12.8 Å². The molecule has 3 rings (SSSR count). The van der Waals surface area contributed by atoms with E-state index in [1.807, 2.05) is 42.5 Å². The second-order valence-electron chi connectivity index (χ2n) is 6.05. The van der Waals surface area contributed by atoms with Gasteiger partial charge in [-0.3, -0.25) is 0 Å². The normalized spacial score (nSPS) is 27.0. The minimum absolute atomic E-state index is 0.0190. The minimum atomic E-state index is -4.15. The van der Waals surface area contributed by atoms with Crippen LogP contribution in [0.25, 0.3) is 10.8 Å². The third-order valence-electron chi connectivity index (χ3n) is 4.57. The lowest BCUT2D eigenvalue weighted by molar-refractivity contribution is -0.187. The van der Waals surface area contributed by atoms with Crippen LogP contribution in [0.5, 0.6) is 0 Å². The predicted octanol–water partition coefficient (Wildman–Crippen LogP) is 4.75. The van der Waals surface area contributed by atoms with Gasteiger partial charge in [0.15, 0.2) is 0 Å². The zero-order valence-electron chi connectivity index (χ0n) is 11.7. The van der Waals surface area contributed by atoms with Gasteiger partial charge in [0.25, 0.3) is 0 Å². The van der Waals surface area contributed by atoms with E-state index in [2.05, 4.69) is 0 Å². The first-order chi connectivity index (χ1) is 9.88. The molecule has 2 N–H and O–H groups in total. The Morgan fingerprint density at radius 3 is 2.48 bits per heavy atom. The number of alkyl halides is 3. The van der Waals surface area contributed by atoms with E-state index in [1.54, 1.807) is 0 Å². The maximum absolute atomic E-state index is 13.0. The zero-order valence-corrected chi connectivity index (χ0v) is 11.7. The summed E-state index contributed by atoms with van der Waals surface area (Å²) < 4.78 is 39.0. The Hall–Kier alpha value is -1.55. The molecule has 2 unspecified atom stereocenters. The van der Waals surface area contributed by atoms with E-state index < -0.39 is 17.6 Å². The van der Waals surface area contributed by atoms with Gasteiger partial charge in [0.2, 0.25) is 0 Å². The van der Waals surface area contributed by atoms with Crippen molar-refractivity contribution in [2.45, 2.75) is 37.4 Å². The third kappa shape index (κ3) is 2.77. The molecular weight excluding hydrogens is 275 g/mol. The van der Waals surface area contributed by atoms with Gasteiger partial charge < -0.3 is 5.73 Å². The molecule has 0 aromatic heterocycles. The van der Waals surface area contributed by atoms with Crippen LogP contribution in [-0.4, -0.2) is 6.18 Å². The Labute approximate surface area is 121 Å². The predicted molar refractivity (Wildman–Crippen MR) is 77.8 cm³/mol. The number of hydrogen-bond acceptors (Lipinski definition) is 1. The summed E-state index contributed by atoms with van der Waals surface area (Å²) in [6.45, 7) is 0. The van der Waals surface area contributed by atoms with Crippen molar-refractivity contribution in [3.8, 4) is 0 Å². The van der Waals surface area contributed by atoms with E-state index in [9.17, 15) is 13.2 Å². The summed E-state index contributed by atoms with van der Waals surface area (Å²) in [4.78, 5) is 0. The largest absolute Gasteiger partial charge is 0.391 e. The molecule has 0 bridgehead atoms. The van der Waals surface area contributed by atoms with E-state index in [4.69, 9.17) is 5.73 Å². The molecule has 1 fully saturated rings. The van der Waals surface area contributed by atoms with Crippen molar-refractivity contribution in [3.05, 3.63) is 48.0 Å². The Kier molecular flexibility index (Phi) is 3.44. The fraction of sp³-hybridized carbons (Fsp3) is 0.412. The first-order valence-corrected chi connectivity index (χ1v) is 7.23. The minimum Gasteiger partial charge on any atom is -0.321 e. The van der Waals surface area contributed by atoms with Gasteiger partial charge in [-0.25, -0.2) is 0 Å². The van der Waals surface area contributed by atoms with Gasteiger partial charge in [-0.2, -0.15) is 13.2 Å². The first kappa shape index (κ1) is 14.4. The highest BCUT2D eigenvalue weighted by atomic mass is 19.4. The van der Waals surface area contributed by atoms with Crippen molar-refractivity contribution in [1.82, 2.24) is 0 Å². The number of halogens is 3. The van der Waals surface area contributed by atoms with Crippen LogP contribution in [0, 0.1) is 5.92 Å². The average molecular weight is 293 g/mol. The zero-order chi connectivity index (χ0) is 15.1. The molecule has 21 heavy (non-hydrogen) atoms. The standard InChI is InChI=1S/C17H18F3N/c18-17(19,20)15-6-3-9-16(21,11-15)14-8-7-12-4-1-2-5-13(12)10-14/h1-2,4-5,7-8,10,15H,3,6,9,11,21H2. The Morgan fingerprint density at radius 1 is 1.05 bits per heavy atom. The molecule has 4 heteroatoms. The molecule has 1 saturated carbocycles. The van der Waals surface area contributed by atoms with E-state index in [0.717, 1.165) is 16.3 Å². The van der Waals surface area contributed by atoms with Crippen LogP contribution < -0.4 is 5.73 Å². The highest BCUT2D eigenvalue weighted by Crippen LogP contribution is 2.45. The molecule has 1 aliphatic rings. The van der Waals surface area contributed by atoms with Gasteiger partial charge >= 0.3 is 6.18 Å². The van der Waals surface area contributed by atoms with Crippen molar-refractivity contribution in [1.29, 1.82) is 0 Å². The number of fused-ring (bicyclic) bond motifs is 1. The van der Waals surface area contributed by atoms with E-state index >= 15 is 0 Å². The van der Waals surface area contributed by atoms with Gasteiger partial charge in [-0.1, -0.05) is 42.8 Å². The quantitative estimate of drug-likeness (QED) is 0.807. The van der Waals surface area contributed by atoms with E-state index in [1.165, 1.54) is 0 Å². The summed E-state index contributed by atoms with van der Waals surface area (Å²) in [7, 11) is 0. The third-order valence-corrected chi connectivity index (χ3v) is 4.57. The fourth-order valence-corrected chi connectivity index (χ4v) is 3.35. The highest BCUT2D eigenvalue weighted by Gasteiger charge is 2.46. The lowest BCUT2D eigenvalue weighted by Gasteiger charge is -2.39. The molecule has 2 atom stereocenters. The molecule has 0 spiro atoms. The van der Waals surface area contributed by atoms with Crippen molar-refractivity contribution in [2.75, 3.05) is 0 Å². The van der Waals surface area contributed by atoms with Crippen molar-refractivity contribution >= 4 is 10.8 Å². The number of benzene rings is 2. The van der Waals surface area contributed by atoms with Gasteiger partial charge in [0, 0.05) is 5.54 Å². The van der Waals surface area contributed by atoms with E-state index in [-0.39, 0.29) is 12.8 Å². The fourth-order valence-electron chi connectivity index (χ4n) is 3.35. The Morgan fingerprint density at radius 2 is 1.76 bits per heavy atom. The Bertz CT molecular complexity index is 650. The summed E-state index contributed by atoms with van der Waals surface area (Å²) >= 11 is 0. The number of hydrogen-bond donors (Lipinski definition) is 1. The second-order valence-corrected chi connectivity index (χ2v) is 6.05. The average Bonchev–Trinajstić information content (AvgIpc) is 2.46. The maximum Gasteiger partial charge on any atom is 0.391 e. The molecule has 1 aliphatic carbocycles. The van der Waals surface area contributed by atoms with Crippen molar-refractivity contribution in [3.63, 3.8) is 0 Å². The topological polar surface area (TPSA) is 26.0 Å².